The van der Waals surface area contributed by atoms with Crippen molar-refractivity contribution >= 4 is 30.7 Å². The third-order valence-corrected chi connectivity index (χ3v) is 3.85. The zero-order valence-electron chi connectivity index (χ0n) is 13.3. The van der Waals surface area contributed by atoms with Crippen LogP contribution in [0.2, 0.25) is 0 Å². The number of β-amino-alcohol motifs (C(OH)–C–C–N with tert-alkyl or cyclic N) is 1. The fraction of sp³-hybridized carbons (Fsp3) is 0.375. The van der Waals surface area contributed by atoms with E-state index in [0.717, 1.165) is 0 Å². The Balaban J connectivity index is 0.00000156. The van der Waals surface area contributed by atoms with Gasteiger partial charge in [0.15, 0.2) is 0 Å². The summed E-state index contributed by atoms with van der Waals surface area (Å²) in [5.74, 6) is -0.124. The first-order chi connectivity index (χ1) is 11.1. The highest BCUT2D eigenvalue weighted by atomic mass is 35.5. The number of carbonyl (C=O) groups is 1. The summed E-state index contributed by atoms with van der Waals surface area (Å²) in [6.07, 6.45) is 1.10. The number of benzene rings is 1. The molecule has 1 amide bonds. The van der Waals surface area contributed by atoms with Crippen molar-refractivity contribution in [3.05, 3.63) is 42.0 Å². The smallest absolute Gasteiger partial charge is 0.226 e. The second kappa shape index (κ2) is 9.72. The van der Waals surface area contributed by atoms with E-state index in [2.05, 4.69) is 15.6 Å². The maximum Gasteiger partial charge on any atom is 0.226 e. The van der Waals surface area contributed by atoms with Gasteiger partial charge in [-0.3, -0.25) is 4.79 Å². The van der Waals surface area contributed by atoms with Crippen molar-refractivity contribution in [2.45, 2.75) is 12.5 Å². The lowest BCUT2D eigenvalue weighted by atomic mass is 10.1. The highest BCUT2D eigenvalue weighted by Crippen LogP contribution is 2.19. The van der Waals surface area contributed by atoms with Gasteiger partial charge in [0.2, 0.25) is 11.8 Å². The Bertz CT molecular complexity index is 682. The summed E-state index contributed by atoms with van der Waals surface area (Å²) in [4.78, 5) is 16.2. The number of nitrogens with one attached hydrogen (secondary N) is 2. The highest BCUT2D eigenvalue weighted by Gasteiger charge is 2.25. The Labute approximate surface area is 157 Å². The van der Waals surface area contributed by atoms with Gasteiger partial charge in [0.1, 0.15) is 12.1 Å². The van der Waals surface area contributed by atoms with Crippen LogP contribution in [-0.4, -0.2) is 41.7 Å². The van der Waals surface area contributed by atoms with Crippen LogP contribution < -0.4 is 10.6 Å². The van der Waals surface area contributed by atoms with Gasteiger partial charge in [0, 0.05) is 31.1 Å². The van der Waals surface area contributed by atoms with E-state index >= 15 is 0 Å². The largest absolute Gasteiger partial charge is 0.444 e. The summed E-state index contributed by atoms with van der Waals surface area (Å²) in [5, 5.41) is 15.5. The minimum Gasteiger partial charge on any atom is -0.444 e. The summed E-state index contributed by atoms with van der Waals surface area (Å²) in [6.45, 7) is 1.68. The van der Waals surface area contributed by atoms with Crippen LogP contribution >= 0.6 is 24.8 Å². The van der Waals surface area contributed by atoms with Gasteiger partial charge in [-0.2, -0.15) is 0 Å². The van der Waals surface area contributed by atoms with Crippen LogP contribution in [0.15, 0.2) is 34.9 Å². The lowest BCUT2D eigenvalue weighted by molar-refractivity contribution is -0.120. The summed E-state index contributed by atoms with van der Waals surface area (Å²) in [6, 6.07) is 5.79. The first kappa shape index (κ1) is 21.4. The molecular formula is C16H20Cl2FN3O3. The van der Waals surface area contributed by atoms with Crippen LogP contribution in [0.1, 0.15) is 5.69 Å². The molecule has 138 valence electrons. The molecule has 2 atom stereocenters. The van der Waals surface area contributed by atoms with E-state index in [4.69, 9.17) is 4.42 Å². The SMILES string of the molecule is Cl.Cl.O=C(Cc1coc(-c2ccc(F)cc2)n1)NCC1CNCC1O. The Kier molecular flexibility index (Phi) is 8.31. The molecule has 1 fully saturated rings. The molecule has 2 heterocycles. The molecule has 2 aromatic rings. The van der Waals surface area contributed by atoms with Crippen molar-refractivity contribution in [2.24, 2.45) is 5.92 Å². The summed E-state index contributed by atoms with van der Waals surface area (Å²) < 4.78 is 18.2. The van der Waals surface area contributed by atoms with Gasteiger partial charge in [-0.25, -0.2) is 9.37 Å². The fourth-order valence-electron chi connectivity index (χ4n) is 2.51. The number of hydrogen-bond donors (Lipinski definition) is 3. The third-order valence-electron chi connectivity index (χ3n) is 3.85. The highest BCUT2D eigenvalue weighted by molar-refractivity contribution is 5.85. The third kappa shape index (κ3) is 5.67. The molecule has 0 radical (unpaired) electrons. The number of aliphatic hydroxyl groups is 1. The van der Waals surface area contributed by atoms with Crippen molar-refractivity contribution in [3.8, 4) is 11.5 Å². The lowest BCUT2D eigenvalue weighted by Gasteiger charge is -2.13. The molecule has 1 saturated heterocycles. The zero-order valence-corrected chi connectivity index (χ0v) is 14.9. The van der Waals surface area contributed by atoms with Crippen LogP contribution in [0, 0.1) is 11.7 Å². The maximum absolute atomic E-state index is 12.9. The minimum atomic E-state index is -0.424. The average Bonchev–Trinajstić information content (AvgIpc) is 3.15. The van der Waals surface area contributed by atoms with E-state index < -0.39 is 6.10 Å². The van der Waals surface area contributed by atoms with E-state index in [1.54, 1.807) is 12.1 Å². The molecule has 9 heteroatoms. The average molecular weight is 392 g/mol. The van der Waals surface area contributed by atoms with Gasteiger partial charge < -0.3 is 20.2 Å². The van der Waals surface area contributed by atoms with E-state index in [9.17, 15) is 14.3 Å². The van der Waals surface area contributed by atoms with Gasteiger partial charge in [-0.05, 0) is 24.3 Å². The van der Waals surface area contributed by atoms with Crippen molar-refractivity contribution in [2.75, 3.05) is 19.6 Å². The molecule has 6 nitrogen and oxygen atoms in total. The minimum absolute atomic E-state index is 0. The molecule has 1 aliphatic heterocycles. The number of nitrogens with zero attached hydrogens (tertiary/aromatic N) is 1. The van der Waals surface area contributed by atoms with Crippen molar-refractivity contribution < 1.29 is 18.7 Å². The summed E-state index contributed by atoms with van der Waals surface area (Å²) in [7, 11) is 0. The van der Waals surface area contributed by atoms with Crippen LogP contribution in [0.4, 0.5) is 4.39 Å². The fourth-order valence-corrected chi connectivity index (χ4v) is 2.51. The molecule has 0 bridgehead atoms. The molecule has 1 aromatic carbocycles. The quantitative estimate of drug-likeness (QED) is 0.719. The number of halogens is 3. The van der Waals surface area contributed by atoms with Gasteiger partial charge in [-0.15, -0.1) is 24.8 Å². The summed E-state index contributed by atoms with van der Waals surface area (Å²) in [5.41, 5.74) is 1.16. The lowest BCUT2D eigenvalue weighted by Crippen LogP contribution is -2.35. The van der Waals surface area contributed by atoms with Gasteiger partial charge in [0.05, 0.1) is 18.2 Å². The van der Waals surface area contributed by atoms with Crippen LogP contribution in [0.3, 0.4) is 0 Å². The number of amides is 1. The standard InChI is InChI=1S/C16H18FN3O3.2ClH/c17-12-3-1-10(2-4-12)16-20-13(9-23-16)5-15(22)19-7-11-6-18-8-14(11)21;;/h1-4,9,11,14,18,21H,5-8H2,(H,19,22);2*1H. The second-order valence-corrected chi connectivity index (χ2v) is 5.62. The van der Waals surface area contributed by atoms with Crippen molar-refractivity contribution in [3.63, 3.8) is 0 Å². The van der Waals surface area contributed by atoms with Crippen LogP contribution in [0.5, 0.6) is 0 Å². The topological polar surface area (TPSA) is 87.4 Å². The Morgan fingerprint density at radius 3 is 2.68 bits per heavy atom. The molecule has 0 saturated carbocycles. The molecule has 3 rings (SSSR count). The van der Waals surface area contributed by atoms with Gasteiger partial charge in [-0.1, -0.05) is 0 Å². The van der Waals surface area contributed by atoms with Crippen LogP contribution in [-0.2, 0) is 11.2 Å². The Morgan fingerprint density at radius 2 is 2.04 bits per heavy atom. The molecule has 3 N–H and O–H groups in total. The number of hydrogen-bond acceptors (Lipinski definition) is 5. The van der Waals surface area contributed by atoms with Crippen LogP contribution in [0.25, 0.3) is 11.5 Å². The predicted molar refractivity (Wildman–Crippen MR) is 95.5 cm³/mol. The van der Waals surface area contributed by atoms with Gasteiger partial charge in [0.25, 0.3) is 0 Å². The van der Waals surface area contributed by atoms with E-state index in [1.807, 2.05) is 0 Å². The number of carbonyl (C=O) groups excluding carboxylic acids is 1. The molecule has 25 heavy (non-hydrogen) atoms. The molecule has 1 aliphatic rings. The normalized spacial score (nSPS) is 19.0. The Morgan fingerprint density at radius 1 is 1.32 bits per heavy atom. The number of oxazole rings is 1. The maximum atomic E-state index is 12.9. The first-order valence-corrected chi connectivity index (χ1v) is 7.47. The molecule has 2 unspecified atom stereocenters. The first-order valence-electron chi connectivity index (χ1n) is 7.47. The monoisotopic (exact) mass is 391 g/mol. The van der Waals surface area contributed by atoms with Crippen molar-refractivity contribution in [1.82, 2.24) is 15.6 Å². The Hall–Kier alpha value is -1.67. The predicted octanol–water partition coefficient (Wildman–Crippen LogP) is 1.56. The molecule has 0 aliphatic carbocycles. The summed E-state index contributed by atoms with van der Waals surface area (Å²) >= 11 is 0. The number of rotatable bonds is 5. The molecular weight excluding hydrogens is 372 g/mol. The number of aromatic nitrogens is 1. The van der Waals surface area contributed by atoms with E-state index in [-0.39, 0.29) is 48.9 Å². The van der Waals surface area contributed by atoms with Gasteiger partial charge >= 0.3 is 0 Å². The zero-order chi connectivity index (χ0) is 16.2. The molecule has 1 aromatic heterocycles. The van der Waals surface area contributed by atoms with E-state index in [1.165, 1.54) is 18.4 Å². The van der Waals surface area contributed by atoms with E-state index in [0.29, 0.717) is 36.8 Å². The van der Waals surface area contributed by atoms with Crippen molar-refractivity contribution in [1.29, 1.82) is 0 Å². The molecule has 0 spiro atoms. The number of aliphatic hydroxyl groups excluding tert-OH is 1. The second-order valence-electron chi connectivity index (χ2n) is 5.62.